The maximum Gasteiger partial charge on any atom is 0.422 e. The highest BCUT2D eigenvalue weighted by molar-refractivity contribution is 7.88. The fourth-order valence-corrected chi connectivity index (χ4v) is 3.46. The monoisotopic (exact) mass is 320 g/mol. The van der Waals surface area contributed by atoms with Crippen molar-refractivity contribution in [2.75, 3.05) is 0 Å². The average Bonchev–Trinajstić information content (AvgIpc) is 2.29. The first-order valence-corrected chi connectivity index (χ1v) is 8.41. The van der Waals surface area contributed by atoms with Crippen molar-refractivity contribution in [3.8, 4) is 0 Å². The molecule has 0 bridgehead atoms. The molecular formula is C12H24N4O4S. The van der Waals surface area contributed by atoms with Crippen LogP contribution < -0.4 is 15.2 Å². The number of carbonyl (C=O) groups excluding carboxylic acids is 1. The molecule has 1 rings (SSSR count). The van der Waals surface area contributed by atoms with Gasteiger partial charge in [0, 0.05) is 0 Å². The molecule has 0 spiro atoms. The second-order valence-corrected chi connectivity index (χ2v) is 7.26. The van der Waals surface area contributed by atoms with Crippen molar-refractivity contribution >= 4 is 22.1 Å². The number of nitrogens with two attached hydrogens (primary N) is 1. The number of amidine groups is 1. The molecule has 0 aliphatic heterocycles. The Kier molecular flexibility index (Phi) is 5.57. The van der Waals surface area contributed by atoms with Crippen molar-refractivity contribution in [2.45, 2.75) is 58.1 Å². The molecule has 0 atom stereocenters. The molecular weight excluding hydrogens is 296 g/mol. The summed E-state index contributed by atoms with van der Waals surface area (Å²) in [4.78, 5) is 11.4. The highest BCUT2D eigenvalue weighted by atomic mass is 32.2. The Hall–Kier alpha value is -1.35. The summed E-state index contributed by atoms with van der Waals surface area (Å²) in [5, 5.41) is 7.69. The van der Waals surface area contributed by atoms with Gasteiger partial charge >= 0.3 is 16.3 Å². The molecule has 1 aliphatic carbocycles. The summed E-state index contributed by atoms with van der Waals surface area (Å²) >= 11 is 0. The lowest BCUT2D eigenvalue weighted by Gasteiger charge is -2.38. The summed E-state index contributed by atoms with van der Waals surface area (Å²) < 4.78 is 32.9. The van der Waals surface area contributed by atoms with E-state index in [0.29, 0.717) is 18.8 Å². The van der Waals surface area contributed by atoms with Gasteiger partial charge in [-0.2, -0.15) is 13.1 Å². The van der Waals surface area contributed by atoms with E-state index in [1.54, 1.807) is 18.6 Å². The van der Waals surface area contributed by atoms with Crippen LogP contribution in [0.15, 0.2) is 0 Å². The number of ether oxygens (including phenoxy) is 1. The Morgan fingerprint density at radius 3 is 2.33 bits per heavy atom. The standard InChI is InChI=1S/C12H24N4O4S/c1-8(2)20-11(17)15-21(18,19)16-12(10(13)14)6-4-9(3)5-7-12/h8-9,16H,4-7H2,1-3H3,(H3,13,14)(H,15,17). The SMILES string of the molecule is CC1CCC(NS(=O)(=O)NC(=O)OC(C)C)(C(=N)N)CC1. The van der Waals surface area contributed by atoms with E-state index < -0.39 is 27.9 Å². The molecule has 0 radical (unpaired) electrons. The molecule has 0 aromatic heterocycles. The first kappa shape index (κ1) is 17.7. The lowest BCUT2D eigenvalue weighted by atomic mass is 9.77. The largest absolute Gasteiger partial charge is 0.446 e. The van der Waals surface area contributed by atoms with Crippen LogP contribution in [0.2, 0.25) is 0 Å². The number of hydrogen-bond acceptors (Lipinski definition) is 5. The van der Waals surface area contributed by atoms with Crippen LogP contribution in [-0.2, 0) is 14.9 Å². The van der Waals surface area contributed by atoms with Crippen molar-refractivity contribution in [1.29, 1.82) is 5.41 Å². The molecule has 8 nitrogen and oxygen atoms in total. The van der Waals surface area contributed by atoms with Gasteiger partial charge in [0.15, 0.2) is 0 Å². The molecule has 21 heavy (non-hydrogen) atoms. The first-order valence-electron chi connectivity index (χ1n) is 6.93. The molecule has 0 unspecified atom stereocenters. The predicted molar refractivity (Wildman–Crippen MR) is 79.1 cm³/mol. The zero-order valence-electron chi connectivity index (χ0n) is 12.6. The van der Waals surface area contributed by atoms with E-state index in [4.69, 9.17) is 15.9 Å². The maximum atomic E-state index is 12.0. The predicted octanol–water partition coefficient (Wildman–Crippen LogP) is 0.840. The van der Waals surface area contributed by atoms with Crippen molar-refractivity contribution in [3.05, 3.63) is 0 Å². The van der Waals surface area contributed by atoms with Gasteiger partial charge < -0.3 is 10.5 Å². The number of amides is 1. The molecule has 0 aromatic rings. The van der Waals surface area contributed by atoms with E-state index in [1.165, 1.54) is 0 Å². The van der Waals surface area contributed by atoms with E-state index >= 15 is 0 Å². The summed E-state index contributed by atoms with van der Waals surface area (Å²) in [6, 6.07) is 0. The molecule has 1 saturated carbocycles. The van der Waals surface area contributed by atoms with Crippen LogP contribution >= 0.6 is 0 Å². The van der Waals surface area contributed by atoms with Crippen LogP contribution in [0.5, 0.6) is 0 Å². The smallest absolute Gasteiger partial charge is 0.422 e. The van der Waals surface area contributed by atoms with E-state index in [2.05, 4.69) is 11.6 Å². The molecule has 9 heteroatoms. The van der Waals surface area contributed by atoms with Crippen molar-refractivity contribution < 1.29 is 17.9 Å². The van der Waals surface area contributed by atoms with Gasteiger partial charge in [0.2, 0.25) is 0 Å². The highest BCUT2D eigenvalue weighted by Crippen LogP contribution is 2.32. The first-order chi connectivity index (χ1) is 9.56. The summed E-state index contributed by atoms with van der Waals surface area (Å²) in [5.74, 6) is 0.220. The van der Waals surface area contributed by atoms with Crippen molar-refractivity contribution in [1.82, 2.24) is 9.44 Å². The Bertz CT molecular complexity index is 495. The number of hydrogen-bond donors (Lipinski definition) is 4. The molecule has 1 fully saturated rings. The summed E-state index contributed by atoms with van der Waals surface area (Å²) in [7, 11) is -4.14. The van der Waals surface area contributed by atoms with Gasteiger partial charge in [-0.05, 0) is 45.4 Å². The minimum atomic E-state index is -4.14. The summed E-state index contributed by atoms with van der Waals surface area (Å²) in [6.45, 7) is 5.29. The molecule has 1 aliphatic rings. The van der Waals surface area contributed by atoms with Crippen LogP contribution in [0, 0.1) is 11.3 Å². The number of carbonyl (C=O) groups is 1. The van der Waals surface area contributed by atoms with Gasteiger partial charge in [0.25, 0.3) is 0 Å². The topological polar surface area (TPSA) is 134 Å². The van der Waals surface area contributed by atoms with E-state index in [-0.39, 0.29) is 5.84 Å². The van der Waals surface area contributed by atoms with Crippen molar-refractivity contribution in [3.63, 3.8) is 0 Å². The van der Waals surface area contributed by atoms with Crippen LogP contribution in [-0.4, -0.2) is 32.0 Å². The van der Waals surface area contributed by atoms with Gasteiger partial charge in [0.1, 0.15) is 5.84 Å². The molecule has 0 saturated heterocycles. The highest BCUT2D eigenvalue weighted by Gasteiger charge is 2.41. The molecule has 0 heterocycles. The zero-order valence-corrected chi connectivity index (χ0v) is 13.4. The summed E-state index contributed by atoms with van der Waals surface area (Å²) in [5.41, 5.74) is 4.45. The fraction of sp³-hybridized carbons (Fsp3) is 0.833. The van der Waals surface area contributed by atoms with Gasteiger partial charge in [-0.25, -0.2) is 9.52 Å². The van der Waals surface area contributed by atoms with Gasteiger partial charge in [-0.1, -0.05) is 6.92 Å². The van der Waals surface area contributed by atoms with E-state index in [1.807, 2.05) is 0 Å². The Labute approximate surface area is 125 Å². The number of rotatable bonds is 5. The van der Waals surface area contributed by atoms with E-state index in [0.717, 1.165) is 12.8 Å². The zero-order chi connectivity index (χ0) is 16.3. The third kappa shape index (κ3) is 5.16. The third-order valence-electron chi connectivity index (χ3n) is 3.53. The quantitative estimate of drug-likeness (QED) is 0.440. The van der Waals surface area contributed by atoms with Crippen LogP contribution in [0.1, 0.15) is 46.5 Å². The Morgan fingerprint density at radius 1 is 1.38 bits per heavy atom. The second kappa shape index (κ2) is 6.61. The fourth-order valence-electron chi connectivity index (χ4n) is 2.31. The lowest BCUT2D eigenvalue weighted by Crippen LogP contribution is -2.61. The van der Waals surface area contributed by atoms with Gasteiger partial charge in [0.05, 0.1) is 11.6 Å². The van der Waals surface area contributed by atoms with Gasteiger partial charge in [-0.15, -0.1) is 0 Å². The Balaban J connectivity index is 2.79. The van der Waals surface area contributed by atoms with Gasteiger partial charge in [-0.3, -0.25) is 5.41 Å². The molecule has 1 amide bonds. The molecule has 5 N–H and O–H groups in total. The second-order valence-electron chi connectivity index (χ2n) is 5.84. The minimum Gasteiger partial charge on any atom is -0.446 e. The number of nitrogens with one attached hydrogen (secondary N) is 3. The third-order valence-corrected chi connectivity index (χ3v) is 4.63. The lowest BCUT2D eigenvalue weighted by molar-refractivity contribution is 0.121. The minimum absolute atomic E-state index is 0.239. The van der Waals surface area contributed by atoms with E-state index in [9.17, 15) is 13.2 Å². The van der Waals surface area contributed by atoms with Crippen LogP contribution in [0.4, 0.5) is 4.79 Å². The Morgan fingerprint density at radius 2 is 1.90 bits per heavy atom. The van der Waals surface area contributed by atoms with Crippen LogP contribution in [0.3, 0.4) is 0 Å². The molecule has 122 valence electrons. The van der Waals surface area contributed by atoms with Crippen LogP contribution in [0.25, 0.3) is 0 Å². The maximum absolute atomic E-state index is 12.0. The normalized spacial score (nSPS) is 26.4. The van der Waals surface area contributed by atoms with Crippen molar-refractivity contribution in [2.24, 2.45) is 11.7 Å². The summed E-state index contributed by atoms with van der Waals surface area (Å²) in [6.07, 6.45) is 0.905. The molecule has 0 aromatic carbocycles. The average molecular weight is 320 g/mol.